The Kier molecular flexibility index (Phi) is 4.94. The summed E-state index contributed by atoms with van der Waals surface area (Å²) in [6.07, 6.45) is 3.88. The number of hydrogen-bond acceptors (Lipinski definition) is 9. The Labute approximate surface area is 188 Å². The molecule has 0 spiro atoms. The van der Waals surface area contributed by atoms with Crippen molar-refractivity contribution in [3.05, 3.63) is 40.7 Å². The second-order valence-corrected chi connectivity index (χ2v) is 8.03. The van der Waals surface area contributed by atoms with Gasteiger partial charge in [0.2, 0.25) is 11.8 Å². The van der Waals surface area contributed by atoms with Gasteiger partial charge in [0.15, 0.2) is 5.65 Å². The third kappa shape index (κ3) is 3.27. The summed E-state index contributed by atoms with van der Waals surface area (Å²) in [4.78, 5) is 30.6. The minimum absolute atomic E-state index is 0.302. The van der Waals surface area contributed by atoms with Crippen LogP contribution >= 0.6 is 0 Å². The highest BCUT2D eigenvalue weighted by Crippen LogP contribution is 2.32. The molecule has 0 atom stereocenters. The molecule has 1 aliphatic heterocycles. The number of imidazole rings is 1. The van der Waals surface area contributed by atoms with E-state index in [-0.39, 0.29) is 5.69 Å². The molecule has 0 bridgehead atoms. The Balaban J connectivity index is 1.63. The van der Waals surface area contributed by atoms with Gasteiger partial charge in [-0.3, -0.25) is 9.13 Å². The summed E-state index contributed by atoms with van der Waals surface area (Å²) in [5.41, 5.74) is 2.08. The van der Waals surface area contributed by atoms with E-state index in [1.54, 1.807) is 20.4 Å². The molecule has 11 heteroatoms. The molecule has 1 aliphatic rings. The number of ether oxygens (including phenoxy) is 2. The van der Waals surface area contributed by atoms with Crippen LogP contribution in [0.1, 0.15) is 18.4 Å². The summed E-state index contributed by atoms with van der Waals surface area (Å²) >= 11 is 0. The molecule has 4 heterocycles. The Morgan fingerprint density at radius 2 is 2.03 bits per heavy atom. The number of methoxy groups -OCH3 is 1. The number of anilines is 2. The van der Waals surface area contributed by atoms with Gasteiger partial charge in [-0.15, -0.1) is 0 Å². The van der Waals surface area contributed by atoms with E-state index in [1.165, 1.54) is 15.5 Å². The summed E-state index contributed by atoms with van der Waals surface area (Å²) in [7, 11) is 3.21. The van der Waals surface area contributed by atoms with Crippen molar-refractivity contribution < 1.29 is 9.47 Å². The van der Waals surface area contributed by atoms with Gasteiger partial charge >= 0.3 is 5.69 Å². The fourth-order valence-electron chi connectivity index (χ4n) is 4.25. The van der Waals surface area contributed by atoms with Crippen molar-refractivity contribution in [2.45, 2.75) is 25.3 Å². The lowest BCUT2D eigenvalue weighted by Gasteiger charge is -2.31. The van der Waals surface area contributed by atoms with E-state index in [0.29, 0.717) is 49.0 Å². The quantitative estimate of drug-likeness (QED) is 0.500. The molecule has 1 saturated heterocycles. The van der Waals surface area contributed by atoms with Crippen LogP contribution in [0.2, 0.25) is 0 Å². The van der Waals surface area contributed by atoms with Gasteiger partial charge in [-0.2, -0.15) is 10.2 Å². The highest BCUT2D eigenvalue weighted by molar-refractivity contribution is 5.88. The van der Waals surface area contributed by atoms with Gasteiger partial charge in [-0.25, -0.2) is 19.7 Å². The molecule has 0 aliphatic carbocycles. The fourth-order valence-corrected chi connectivity index (χ4v) is 4.25. The van der Waals surface area contributed by atoms with Gasteiger partial charge in [-0.05, 0) is 24.6 Å². The first-order valence-electron chi connectivity index (χ1n) is 10.5. The topological polar surface area (TPSA) is 133 Å². The lowest BCUT2D eigenvalue weighted by atomic mass is 9.91. The molecule has 33 heavy (non-hydrogen) atoms. The summed E-state index contributed by atoms with van der Waals surface area (Å²) in [6.45, 7) is 2.76. The molecule has 1 fully saturated rings. The van der Waals surface area contributed by atoms with Crippen LogP contribution in [-0.2, 0) is 17.3 Å². The largest absolute Gasteiger partial charge is 0.480 e. The van der Waals surface area contributed by atoms with Crippen LogP contribution in [0.15, 0.2) is 29.5 Å². The van der Waals surface area contributed by atoms with E-state index in [9.17, 15) is 10.1 Å². The first-order chi connectivity index (χ1) is 16.0. The smallest absolute Gasteiger partial charge is 0.331 e. The molecule has 0 radical (unpaired) electrons. The maximum atomic E-state index is 13.1. The third-order valence-corrected chi connectivity index (χ3v) is 6.14. The molecule has 3 aromatic heterocycles. The number of aryl methyl sites for hydroxylation is 2. The van der Waals surface area contributed by atoms with E-state index in [2.05, 4.69) is 31.3 Å². The van der Waals surface area contributed by atoms with Crippen LogP contribution in [0.5, 0.6) is 5.88 Å². The molecule has 1 aromatic carbocycles. The molecule has 1 N–H and O–H groups in total. The van der Waals surface area contributed by atoms with E-state index < -0.39 is 5.54 Å². The van der Waals surface area contributed by atoms with Crippen LogP contribution in [0.4, 0.5) is 11.6 Å². The van der Waals surface area contributed by atoms with Crippen molar-refractivity contribution in [3.63, 3.8) is 0 Å². The average molecular weight is 446 g/mol. The van der Waals surface area contributed by atoms with E-state index in [0.717, 1.165) is 22.2 Å². The maximum absolute atomic E-state index is 13.1. The monoisotopic (exact) mass is 446 g/mol. The molecule has 11 nitrogen and oxygen atoms in total. The number of hydrogen-bond donors (Lipinski definition) is 1. The lowest BCUT2D eigenvalue weighted by Crippen LogP contribution is -2.44. The second-order valence-electron chi connectivity index (χ2n) is 8.03. The van der Waals surface area contributed by atoms with Crippen LogP contribution < -0.4 is 15.7 Å². The fraction of sp³-hybridized carbons (Fsp3) is 0.364. The molecule has 0 unspecified atom stereocenters. The van der Waals surface area contributed by atoms with Crippen LogP contribution in [0.3, 0.4) is 0 Å². The average Bonchev–Trinajstić information content (AvgIpc) is 3.09. The summed E-state index contributed by atoms with van der Waals surface area (Å²) in [5.74, 6) is 0.770. The number of rotatable bonds is 4. The zero-order chi connectivity index (χ0) is 23.2. The number of benzene rings is 1. The Hall–Kier alpha value is -4.04. The van der Waals surface area contributed by atoms with E-state index in [1.807, 2.05) is 19.1 Å². The molecular weight excluding hydrogens is 424 g/mol. The normalized spacial score (nSPS) is 15.5. The molecule has 5 rings (SSSR count). The predicted octanol–water partition coefficient (Wildman–Crippen LogP) is 2.16. The minimum atomic E-state index is -1.01. The van der Waals surface area contributed by atoms with Gasteiger partial charge in [-0.1, -0.05) is 0 Å². The Morgan fingerprint density at radius 3 is 2.76 bits per heavy atom. The van der Waals surface area contributed by atoms with Gasteiger partial charge in [0, 0.05) is 38.8 Å². The molecule has 4 aromatic rings. The highest BCUT2D eigenvalue weighted by atomic mass is 16.5. The van der Waals surface area contributed by atoms with Crippen LogP contribution in [0, 0.1) is 18.3 Å². The van der Waals surface area contributed by atoms with E-state index >= 15 is 0 Å². The molecular formula is C22H22N8O3. The highest BCUT2D eigenvalue weighted by Gasteiger charge is 2.38. The second kappa shape index (κ2) is 7.83. The van der Waals surface area contributed by atoms with Crippen molar-refractivity contribution in [1.82, 2.24) is 29.1 Å². The van der Waals surface area contributed by atoms with Crippen molar-refractivity contribution in [2.75, 3.05) is 25.6 Å². The number of aromatic nitrogens is 6. The summed E-state index contributed by atoms with van der Waals surface area (Å²) < 4.78 is 13.8. The maximum Gasteiger partial charge on any atom is 0.331 e. The third-order valence-electron chi connectivity index (χ3n) is 6.14. The number of nitrogens with zero attached hydrogens (tertiary/aromatic N) is 7. The Bertz CT molecular complexity index is 1480. The first kappa shape index (κ1) is 20.8. The van der Waals surface area contributed by atoms with Gasteiger partial charge in [0.25, 0.3) is 0 Å². The summed E-state index contributed by atoms with van der Waals surface area (Å²) in [6, 6.07) is 6.15. The van der Waals surface area contributed by atoms with Crippen molar-refractivity contribution >= 4 is 33.7 Å². The van der Waals surface area contributed by atoms with Gasteiger partial charge < -0.3 is 14.8 Å². The van der Waals surface area contributed by atoms with Crippen LogP contribution in [0.25, 0.3) is 22.1 Å². The number of nitriles is 1. The van der Waals surface area contributed by atoms with E-state index in [4.69, 9.17) is 9.47 Å². The van der Waals surface area contributed by atoms with Gasteiger partial charge in [0.1, 0.15) is 17.4 Å². The van der Waals surface area contributed by atoms with Crippen molar-refractivity contribution in [3.8, 4) is 11.9 Å². The van der Waals surface area contributed by atoms with Crippen molar-refractivity contribution in [1.29, 1.82) is 5.26 Å². The van der Waals surface area contributed by atoms with Crippen LogP contribution in [-0.4, -0.2) is 49.4 Å². The molecule has 168 valence electrons. The zero-order valence-corrected chi connectivity index (χ0v) is 18.5. The van der Waals surface area contributed by atoms with Crippen molar-refractivity contribution in [2.24, 2.45) is 7.05 Å². The number of nitrogens with one attached hydrogen (secondary N) is 1. The van der Waals surface area contributed by atoms with Gasteiger partial charge in [0.05, 0.1) is 30.3 Å². The lowest BCUT2D eigenvalue weighted by molar-refractivity contribution is 0.0448. The standard InChI is InChI=1S/C22H22N8O3/c1-13-8-16-14(19(32-3)26-12-25-16)9-15(13)27-20-24-10-17-18(28-20)30(21(31)29(17)2)22(11-23)4-6-33-7-5-22/h8-10,12H,4-7H2,1-3H3,(H,24,27,28). The molecule has 0 amide bonds. The summed E-state index contributed by atoms with van der Waals surface area (Å²) in [5, 5.41) is 14.0. The Morgan fingerprint density at radius 1 is 1.24 bits per heavy atom. The predicted molar refractivity (Wildman–Crippen MR) is 121 cm³/mol. The SMILES string of the molecule is COc1ncnc2cc(C)c(Nc3ncc4c(n3)n(C3(C#N)CCOCC3)c(=O)n4C)cc12. The zero-order valence-electron chi connectivity index (χ0n) is 18.5. The first-order valence-corrected chi connectivity index (χ1v) is 10.5. The minimum Gasteiger partial charge on any atom is -0.480 e. The number of fused-ring (bicyclic) bond motifs is 2. The molecule has 0 saturated carbocycles.